The van der Waals surface area contributed by atoms with Crippen molar-refractivity contribution in [2.75, 3.05) is 19.6 Å². The molecule has 2 heterocycles. The Morgan fingerprint density at radius 2 is 2.16 bits per heavy atom. The van der Waals surface area contributed by atoms with Crippen LogP contribution in [0.25, 0.3) is 0 Å². The van der Waals surface area contributed by atoms with Crippen LogP contribution < -0.4 is 10.5 Å². The minimum absolute atomic E-state index is 0.343. The van der Waals surface area contributed by atoms with Gasteiger partial charge in [0.05, 0.1) is 0 Å². The van der Waals surface area contributed by atoms with Gasteiger partial charge in [-0.2, -0.15) is 17.4 Å². The highest BCUT2D eigenvalue weighted by Crippen LogP contribution is 2.21. The first-order chi connectivity index (χ1) is 9.01. The van der Waals surface area contributed by atoms with Crippen LogP contribution >= 0.6 is 27.3 Å². The Morgan fingerprint density at radius 1 is 1.47 bits per heavy atom. The Hall–Kier alpha value is 0.01000. The number of piperidine rings is 1. The van der Waals surface area contributed by atoms with E-state index in [1.54, 1.807) is 0 Å². The van der Waals surface area contributed by atoms with Gasteiger partial charge in [-0.15, -0.1) is 11.3 Å². The number of nitrogens with zero attached hydrogens (tertiary/aromatic N) is 1. The fourth-order valence-corrected chi connectivity index (χ4v) is 4.78. The second-order valence-electron chi connectivity index (χ2n) is 4.64. The van der Waals surface area contributed by atoms with Crippen molar-refractivity contribution in [1.29, 1.82) is 0 Å². The molecule has 1 aromatic rings. The third-order valence-electron chi connectivity index (χ3n) is 3.30. The van der Waals surface area contributed by atoms with Crippen molar-refractivity contribution in [2.24, 2.45) is 11.7 Å². The molecule has 1 aliphatic heterocycles. The predicted octanol–water partition coefficient (Wildman–Crippen LogP) is 1.52. The number of hydrogen-bond acceptors (Lipinski definition) is 4. The summed E-state index contributed by atoms with van der Waals surface area (Å²) in [5, 5.41) is 1.94. The minimum atomic E-state index is -3.37. The third-order valence-corrected chi connectivity index (χ3v) is 6.55. The zero-order valence-electron chi connectivity index (χ0n) is 10.5. The van der Waals surface area contributed by atoms with Crippen LogP contribution in [-0.2, 0) is 16.8 Å². The predicted molar refractivity (Wildman–Crippen MR) is 81.1 cm³/mol. The van der Waals surface area contributed by atoms with Crippen LogP contribution in [0.4, 0.5) is 0 Å². The fraction of sp³-hybridized carbons (Fsp3) is 0.636. The van der Waals surface area contributed by atoms with Crippen LogP contribution in [0.5, 0.6) is 0 Å². The van der Waals surface area contributed by atoms with Crippen molar-refractivity contribution < 1.29 is 8.42 Å². The highest BCUT2D eigenvalue weighted by molar-refractivity contribution is 9.10. The molecule has 5 nitrogen and oxygen atoms in total. The van der Waals surface area contributed by atoms with E-state index in [4.69, 9.17) is 5.73 Å². The molecular formula is C11H18BrN3O2S2. The van der Waals surface area contributed by atoms with Crippen LogP contribution in [0, 0.1) is 5.92 Å². The number of thiophene rings is 1. The van der Waals surface area contributed by atoms with Crippen LogP contribution in [0.2, 0.25) is 0 Å². The van der Waals surface area contributed by atoms with Gasteiger partial charge in [0, 0.05) is 34.4 Å². The standard InChI is InChI=1S/C11H18BrN3O2S2/c12-10-5-11(18-8-10)7-14-19(16,17)15-3-1-9(6-13)2-4-15/h5,8-9,14H,1-4,6-7,13H2. The molecule has 0 saturated carbocycles. The zero-order valence-corrected chi connectivity index (χ0v) is 13.7. The molecule has 108 valence electrons. The molecular weight excluding hydrogens is 350 g/mol. The lowest BCUT2D eigenvalue weighted by Crippen LogP contribution is -2.45. The maximum absolute atomic E-state index is 12.1. The molecule has 1 saturated heterocycles. The number of nitrogens with one attached hydrogen (secondary N) is 1. The highest BCUT2D eigenvalue weighted by atomic mass is 79.9. The summed E-state index contributed by atoms with van der Waals surface area (Å²) >= 11 is 4.89. The lowest BCUT2D eigenvalue weighted by atomic mass is 9.99. The summed E-state index contributed by atoms with van der Waals surface area (Å²) < 4.78 is 29.4. The van der Waals surface area contributed by atoms with Crippen LogP contribution in [0.15, 0.2) is 15.9 Å². The second kappa shape index (κ2) is 6.64. The lowest BCUT2D eigenvalue weighted by molar-refractivity contribution is 0.276. The molecule has 0 aliphatic carbocycles. The Bertz CT molecular complexity index is 510. The Balaban J connectivity index is 1.88. The van der Waals surface area contributed by atoms with E-state index in [0.717, 1.165) is 22.2 Å². The first-order valence-corrected chi connectivity index (χ1v) is 9.30. The molecule has 19 heavy (non-hydrogen) atoms. The van der Waals surface area contributed by atoms with Gasteiger partial charge in [0.25, 0.3) is 10.2 Å². The SMILES string of the molecule is NCC1CCN(S(=O)(=O)NCc2cc(Br)cs2)CC1. The normalized spacial score (nSPS) is 18.8. The second-order valence-corrected chi connectivity index (χ2v) is 8.30. The molecule has 0 spiro atoms. The van der Waals surface area contributed by atoms with Gasteiger partial charge in [-0.05, 0) is 47.3 Å². The van der Waals surface area contributed by atoms with Crippen molar-refractivity contribution in [2.45, 2.75) is 19.4 Å². The summed E-state index contributed by atoms with van der Waals surface area (Å²) in [6.07, 6.45) is 1.70. The molecule has 0 bridgehead atoms. The fourth-order valence-electron chi connectivity index (χ4n) is 2.09. The van der Waals surface area contributed by atoms with Crippen molar-refractivity contribution in [1.82, 2.24) is 9.03 Å². The Labute approximate surface area is 126 Å². The molecule has 1 fully saturated rings. The van der Waals surface area contributed by atoms with E-state index in [9.17, 15) is 8.42 Å². The molecule has 1 aromatic heterocycles. The van der Waals surface area contributed by atoms with E-state index >= 15 is 0 Å². The van der Waals surface area contributed by atoms with E-state index in [0.29, 0.717) is 32.1 Å². The summed E-state index contributed by atoms with van der Waals surface area (Å²) in [5.41, 5.74) is 5.61. The molecule has 2 rings (SSSR count). The number of nitrogens with two attached hydrogens (primary N) is 1. The number of rotatable bonds is 5. The van der Waals surface area contributed by atoms with Gasteiger partial charge in [0.15, 0.2) is 0 Å². The van der Waals surface area contributed by atoms with Gasteiger partial charge < -0.3 is 5.73 Å². The van der Waals surface area contributed by atoms with Crippen molar-refractivity contribution >= 4 is 37.5 Å². The van der Waals surface area contributed by atoms with Gasteiger partial charge in [0.2, 0.25) is 0 Å². The Kier molecular flexibility index (Phi) is 5.38. The molecule has 8 heteroatoms. The van der Waals surface area contributed by atoms with Gasteiger partial charge in [-0.3, -0.25) is 0 Å². The largest absolute Gasteiger partial charge is 0.330 e. The first kappa shape index (κ1) is 15.4. The van der Waals surface area contributed by atoms with E-state index in [1.165, 1.54) is 15.6 Å². The number of hydrogen-bond donors (Lipinski definition) is 2. The summed E-state index contributed by atoms with van der Waals surface area (Å²) in [6, 6.07) is 1.92. The smallest absolute Gasteiger partial charge is 0.279 e. The van der Waals surface area contributed by atoms with Crippen LogP contribution in [0.1, 0.15) is 17.7 Å². The molecule has 1 aliphatic rings. The summed E-state index contributed by atoms with van der Waals surface area (Å²) in [4.78, 5) is 0.993. The van der Waals surface area contributed by atoms with Crippen molar-refractivity contribution in [3.05, 3.63) is 20.8 Å². The average molecular weight is 368 g/mol. The zero-order chi connectivity index (χ0) is 13.9. The van der Waals surface area contributed by atoms with E-state index in [-0.39, 0.29) is 0 Å². The van der Waals surface area contributed by atoms with Crippen LogP contribution in [0.3, 0.4) is 0 Å². The molecule has 0 atom stereocenters. The molecule has 0 aromatic carbocycles. The van der Waals surface area contributed by atoms with E-state index in [2.05, 4.69) is 20.7 Å². The molecule has 0 amide bonds. The van der Waals surface area contributed by atoms with Crippen molar-refractivity contribution in [3.63, 3.8) is 0 Å². The Morgan fingerprint density at radius 3 is 2.68 bits per heavy atom. The van der Waals surface area contributed by atoms with Gasteiger partial charge in [-0.1, -0.05) is 0 Å². The molecule has 3 N–H and O–H groups in total. The first-order valence-electron chi connectivity index (χ1n) is 6.19. The summed E-state index contributed by atoms with van der Waals surface area (Å²) in [7, 11) is -3.37. The average Bonchev–Trinajstić information content (AvgIpc) is 2.82. The molecule has 0 radical (unpaired) electrons. The van der Waals surface area contributed by atoms with Crippen molar-refractivity contribution in [3.8, 4) is 0 Å². The van der Waals surface area contributed by atoms with E-state index in [1.807, 2.05) is 11.4 Å². The maximum atomic E-state index is 12.1. The summed E-state index contributed by atoms with van der Waals surface area (Å²) in [5.74, 6) is 0.458. The highest BCUT2D eigenvalue weighted by Gasteiger charge is 2.27. The number of halogens is 1. The monoisotopic (exact) mass is 367 g/mol. The summed E-state index contributed by atoms with van der Waals surface area (Å²) in [6.45, 7) is 2.11. The van der Waals surface area contributed by atoms with Gasteiger partial charge in [0.1, 0.15) is 0 Å². The quantitative estimate of drug-likeness (QED) is 0.828. The van der Waals surface area contributed by atoms with Crippen LogP contribution in [-0.4, -0.2) is 32.4 Å². The lowest BCUT2D eigenvalue weighted by Gasteiger charge is -2.30. The van der Waals surface area contributed by atoms with Gasteiger partial charge >= 0.3 is 0 Å². The van der Waals surface area contributed by atoms with Gasteiger partial charge in [-0.25, -0.2) is 0 Å². The molecule has 0 unspecified atom stereocenters. The third kappa shape index (κ3) is 4.24. The minimum Gasteiger partial charge on any atom is -0.330 e. The topological polar surface area (TPSA) is 75.4 Å². The maximum Gasteiger partial charge on any atom is 0.279 e. The van der Waals surface area contributed by atoms with E-state index < -0.39 is 10.2 Å².